The van der Waals surface area contributed by atoms with Crippen molar-refractivity contribution in [2.45, 2.75) is 0 Å². The van der Waals surface area contributed by atoms with E-state index < -0.39 is 0 Å². The lowest BCUT2D eigenvalue weighted by Gasteiger charge is -2.21. The van der Waals surface area contributed by atoms with Crippen LogP contribution in [0, 0.1) is 0 Å². The smallest absolute Gasteiger partial charge is 0.198 e. The van der Waals surface area contributed by atoms with Gasteiger partial charge in [0.05, 0.1) is 0 Å². The van der Waals surface area contributed by atoms with Crippen molar-refractivity contribution in [3.63, 3.8) is 0 Å². The van der Waals surface area contributed by atoms with E-state index in [1.165, 1.54) is 0 Å². The fourth-order valence-electron chi connectivity index (χ4n) is 0.673. The Morgan fingerprint density at radius 3 is 1.78 bits per heavy atom. The highest BCUT2D eigenvalue weighted by Gasteiger charge is 2.00. The van der Waals surface area contributed by atoms with E-state index in [4.69, 9.17) is 0 Å². The van der Waals surface area contributed by atoms with E-state index in [0.717, 1.165) is 5.96 Å². The molecule has 1 unspecified atom stereocenters. The maximum absolute atomic E-state index is 4.03. The molecule has 0 fully saturated rings. The second kappa shape index (κ2) is 3.67. The zero-order valence-corrected chi connectivity index (χ0v) is 7.57. The molecule has 9 heavy (non-hydrogen) atoms. The van der Waals surface area contributed by atoms with Crippen LogP contribution in [-0.2, 0) is 0 Å². The average molecular weight is 147 g/mol. The SMILES string of the molecule is CN=C(N(C)C)N(C)P. The molecule has 0 aromatic carbocycles. The minimum atomic E-state index is 0.944. The van der Waals surface area contributed by atoms with Crippen molar-refractivity contribution in [1.82, 2.24) is 9.57 Å². The normalized spacial score (nSPS) is 11.4. The molecule has 0 N–H and O–H groups in total. The van der Waals surface area contributed by atoms with Crippen LogP contribution in [0.4, 0.5) is 0 Å². The molecule has 0 aromatic heterocycles. The third-order valence-corrected chi connectivity index (χ3v) is 1.15. The lowest BCUT2D eigenvalue weighted by atomic mass is 10.8. The number of rotatable bonds is 0. The van der Waals surface area contributed by atoms with E-state index in [9.17, 15) is 0 Å². The van der Waals surface area contributed by atoms with Gasteiger partial charge in [0.25, 0.3) is 0 Å². The molecule has 0 aromatic rings. The van der Waals surface area contributed by atoms with Crippen LogP contribution in [0.3, 0.4) is 0 Å². The number of aliphatic imine (C=N–C) groups is 1. The number of hydrogen-bond donors (Lipinski definition) is 0. The van der Waals surface area contributed by atoms with Crippen molar-refractivity contribution in [2.75, 3.05) is 28.2 Å². The fraction of sp³-hybridized carbons (Fsp3) is 0.800. The third kappa shape index (κ3) is 2.66. The van der Waals surface area contributed by atoms with Gasteiger partial charge in [-0.05, 0) is 9.39 Å². The molecule has 54 valence electrons. The van der Waals surface area contributed by atoms with Crippen LogP contribution >= 0.6 is 9.39 Å². The van der Waals surface area contributed by atoms with E-state index in [-0.39, 0.29) is 0 Å². The summed E-state index contributed by atoms with van der Waals surface area (Å²) in [5.41, 5.74) is 0. The lowest BCUT2D eigenvalue weighted by Crippen LogP contribution is -2.31. The molecule has 0 spiro atoms. The molecule has 3 nitrogen and oxygen atoms in total. The molecule has 0 saturated carbocycles. The Balaban J connectivity index is 4.01. The summed E-state index contributed by atoms with van der Waals surface area (Å²) >= 11 is 0. The van der Waals surface area contributed by atoms with E-state index in [0.29, 0.717) is 0 Å². The van der Waals surface area contributed by atoms with Gasteiger partial charge in [-0.2, -0.15) is 0 Å². The van der Waals surface area contributed by atoms with Crippen molar-refractivity contribution in [1.29, 1.82) is 0 Å². The van der Waals surface area contributed by atoms with Crippen LogP contribution in [-0.4, -0.2) is 43.7 Å². The molecule has 1 atom stereocenters. The van der Waals surface area contributed by atoms with Crippen LogP contribution in [0.25, 0.3) is 0 Å². The van der Waals surface area contributed by atoms with Gasteiger partial charge in [0.2, 0.25) is 0 Å². The van der Waals surface area contributed by atoms with Crippen molar-refractivity contribution < 1.29 is 0 Å². The summed E-state index contributed by atoms with van der Waals surface area (Å²) in [5.74, 6) is 0.944. The maximum Gasteiger partial charge on any atom is 0.198 e. The first-order valence-corrected chi connectivity index (χ1v) is 3.23. The molecule has 0 rings (SSSR count). The largest absolute Gasteiger partial charge is 0.349 e. The zero-order valence-electron chi connectivity index (χ0n) is 6.42. The summed E-state index contributed by atoms with van der Waals surface area (Å²) in [7, 11) is 10.2. The molecular formula is C5H14N3P. The first kappa shape index (κ1) is 8.70. The maximum atomic E-state index is 4.03. The van der Waals surface area contributed by atoms with Gasteiger partial charge >= 0.3 is 0 Å². The van der Waals surface area contributed by atoms with Crippen LogP contribution in [0.1, 0.15) is 0 Å². The molecule has 0 aliphatic heterocycles. The quantitative estimate of drug-likeness (QED) is 0.278. The highest BCUT2D eigenvalue weighted by molar-refractivity contribution is 7.14. The second-order valence-electron chi connectivity index (χ2n) is 2.03. The molecule has 0 bridgehead atoms. The molecule has 4 heteroatoms. The van der Waals surface area contributed by atoms with Gasteiger partial charge in [0.15, 0.2) is 5.96 Å². The Morgan fingerprint density at radius 2 is 1.78 bits per heavy atom. The highest BCUT2D eigenvalue weighted by Crippen LogP contribution is 1.96. The van der Waals surface area contributed by atoms with Gasteiger partial charge in [-0.25, -0.2) is 0 Å². The van der Waals surface area contributed by atoms with Crippen LogP contribution in [0.2, 0.25) is 0 Å². The highest BCUT2D eigenvalue weighted by atomic mass is 31.0. The topological polar surface area (TPSA) is 18.8 Å². The molecule has 0 aliphatic carbocycles. The van der Waals surface area contributed by atoms with Gasteiger partial charge in [-0.15, -0.1) is 0 Å². The van der Waals surface area contributed by atoms with Crippen molar-refractivity contribution in [3.8, 4) is 0 Å². The van der Waals surface area contributed by atoms with Gasteiger partial charge in [-0.1, -0.05) is 0 Å². The van der Waals surface area contributed by atoms with Crippen LogP contribution < -0.4 is 0 Å². The second-order valence-corrected chi connectivity index (χ2v) is 2.80. The Hall–Kier alpha value is -0.300. The predicted molar refractivity (Wildman–Crippen MR) is 44.5 cm³/mol. The molecule has 0 aliphatic rings. The minimum Gasteiger partial charge on any atom is -0.349 e. The number of hydrogen-bond acceptors (Lipinski definition) is 1. The monoisotopic (exact) mass is 147 g/mol. The summed E-state index contributed by atoms with van der Waals surface area (Å²) in [6.07, 6.45) is 0. The van der Waals surface area contributed by atoms with E-state index in [1.54, 1.807) is 7.05 Å². The van der Waals surface area contributed by atoms with Gasteiger partial charge in [0.1, 0.15) is 0 Å². The summed E-state index contributed by atoms with van der Waals surface area (Å²) < 4.78 is 1.89. The number of nitrogens with zero attached hydrogens (tertiary/aromatic N) is 3. The summed E-state index contributed by atoms with van der Waals surface area (Å²) in [6.45, 7) is 0. The summed E-state index contributed by atoms with van der Waals surface area (Å²) in [6, 6.07) is 0. The Kier molecular flexibility index (Phi) is 3.55. The van der Waals surface area contributed by atoms with E-state index in [2.05, 4.69) is 14.4 Å². The van der Waals surface area contributed by atoms with Gasteiger partial charge < -0.3 is 9.57 Å². The molecule has 0 amide bonds. The van der Waals surface area contributed by atoms with Gasteiger partial charge in [0, 0.05) is 28.2 Å². The van der Waals surface area contributed by atoms with Crippen molar-refractivity contribution in [3.05, 3.63) is 0 Å². The summed E-state index contributed by atoms with van der Waals surface area (Å²) in [4.78, 5) is 5.99. The van der Waals surface area contributed by atoms with Crippen LogP contribution in [0.15, 0.2) is 4.99 Å². The third-order valence-electron chi connectivity index (χ3n) is 0.915. The van der Waals surface area contributed by atoms with Gasteiger partial charge in [-0.3, -0.25) is 4.99 Å². The Bertz CT molecular complexity index is 98.8. The lowest BCUT2D eigenvalue weighted by molar-refractivity contribution is 0.551. The standard InChI is InChI=1S/C5H14N3P/c1-6-5(7(2)3)8(4)9/h9H2,1-4H3. The average Bonchev–Trinajstić information content (AvgIpc) is 1.64. The first-order valence-electron chi connectivity index (χ1n) is 2.72. The molecule has 0 saturated heterocycles. The van der Waals surface area contributed by atoms with Crippen LogP contribution in [0.5, 0.6) is 0 Å². The number of guanidine groups is 1. The van der Waals surface area contributed by atoms with E-state index >= 15 is 0 Å². The van der Waals surface area contributed by atoms with Crippen molar-refractivity contribution >= 4 is 15.4 Å². The molecule has 0 radical (unpaired) electrons. The zero-order chi connectivity index (χ0) is 7.44. The molecular weight excluding hydrogens is 133 g/mol. The fourth-order valence-corrected chi connectivity index (χ4v) is 1.02. The first-order chi connectivity index (χ1) is 4.09. The predicted octanol–water partition coefficient (Wildman–Crippen LogP) is 0.256. The minimum absolute atomic E-state index is 0.944. The van der Waals surface area contributed by atoms with Crippen molar-refractivity contribution in [2.24, 2.45) is 4.99 Å². The van der Waals surface area contributed by atoms with E-state index in [1.807, 2.05) is 30.7 Å². The molecule has 0 heterocycles. The Labute approximate surface area is 59.0 Å². The summed E-state index contributed by atoms with van der Waals surface area (Å²) in [5, 5.41) is 0. The Morgan fingerprint density at radius 1 is 1.33 bits per heavy atom.